The predicted octanol–water partition coefficient (Wildman–Crippen LogP) is 4.22. The minimum Gasteiger partial charge on any atom is -0.483 e. The van der Waals surface area contributed by atoms with Crippen molar-refractivity contribution >= 4 is 35.1 Å². The van der Waals surface area contributed by atoms with Crippen LogP contribution in [0.5, 0.6) is 5.75 Å². The fourth-order valence-electron chi connectivity index (χ4n) is 2.52. The summed E-state index contributed by atoms with van der Waals surface area (Å²) in [6, 6.07) is 12.9. The zero-order chi connectivity index (χ0) is 19.9. The molecule has 0 spiro atoms. The molecule has 0 aliphatic carbocycles. The average Bonchev–Trinajstić information content (AvgIpc) is 3.12. The molecular formula is C19H20ClN5O2S. The summed E-state index contributed by atoms with van der Waals surface area (Å²) in [7, 11) is 0. The van der Waals surface area contributed by atoms with Crippen molar-refractivity contribution in [2.45, 2.75) is 31.7 Å². The number of carbonyl (C=O) groups excluding carboxylic acids is 1. The number of thioether (sulfide) groups is 1. The minimum absolute atomic E-state index is 0.180. The summed E-state index contributed by atoms with van der Waals surface area (Å²) in [5.41, 5.74) is 0. The molecule has 1 amide bonds. The first kappa shape index (κ1) is 20.2. The second-order valence-corrected chi connectivity index (χ2v) is 7.24. The highest BCUT2D eigenvalue weighted by Gasteiger charge is 2.19. The molecule has 1 N–H and O–H groups in total. The van der Waals surface area contributed by atoms with Crippen LogP contribution in [0, 0.1) is 0 Å². The monoisotopic (exact) mass is 417 g/mol. The number of anilines is 1. The highest BCUT2D eigenvalue weighted by atomic mass is 35.5. The molecule has 0 bridgehead atoms. The number of halogens is 1. The average molecular weight is 418 g/mol. The van der Waals surface area contributed by atoms with Gasteiger partial charge in [0, 0.05) is 12.7 Å². The van der Waals surface area contributed by atoms with Crippen LogP contribution in [-0.4, -0.2) is 31.4 Å². The number of rotatable bonds is 8. The Balaban J connectivity index is 1.61. The third-order valence-electron chi connectivity index (χ3n) is 3.81. The Labute approximate surface area is 172 Å². The van der Waals surface area contributed by atoms with Gasteiger partial charge in [0.2, 0.25) is 5.91 Å². The normalized spacial score (nSPS) is 11.8. The lowest BCUT2D eigenvalue weighted by Gasteiger charge is -2.15. The molecule has 2 heterocycles. The summed E-state index contributed by atoms with van der Waals surface area (Å²) in [5.74, 6) is 1.95. The van der Waals surface area contributed by atoms with Crippen LogP contribution in [0.25, 0.3) is 0 Å². The van der Waals surface area contributed by atoms with Crippen LogP contribution >= 0.6 is 23.4 Å². The summed E-state index contributed by atoms with van der Waals surface area (Å²) in [6.07, 6.45) is 1.22. The predicted molar refractivity (Wildman–Crippen MR) is 110 cm³/mol. The van der Waals surface area contributed by atoms with E-state index in [9.17, 15) is 4.79 Å². The van der Waals surface area contributed by atoms with Crippen molar-refractivity contribution in [3.05, 3.63) is 59.5 Å². The maximum atomic E-state index is 12.2. The van der Waals surface area contributed by atoms with Crippen molar-refractivity contribution < 1.29 is 9.53 Å². The number of aromatic nitrogens is 4. The van der Waals surface area contributed by atoms with Crippen molar-refractivity contribution in [2.24, 2.45) is 0 Å². The number of nitrogens with zero attached hydrogens (tertiary/aromatic N) is 4. The Morgan fingerprint density at radius 1 is 1.25 bits per heavy atom. The molecule has 1 aromatic carbocycles. The SMILES string of the molecule is CCn1c(SCC(=O)Nc2ccc(Cl)cn2)nnc1C(C)Oc1ccccc1. The third kappa shape index (κ3) is 5.24. The first-order chi connectivity index (χ1) is 13.6. The molecule has 146 valence electrons. The first-order valence-corrected chi connectivity index (χ1v) is 10.1. The summed E-state index contributed by atoms with van der Waals surface area (Å²) >= 11 is 7.11. The van der Waals surface area contributed by atoms with Gasteiger partial charge in [0.15, 0.2) is 17.1 Å². The fraction of sp³-hybridized carbons (Fsp3) is 0.263. The molecule has 9 heteroatoms. The number of hydrogen-bond donors (Lipinski definition) is 1. The van der Waals surface area contributed by atoms with Gasteiger partial charge in [-0.1, -0.05) is 41.6 Å². The zero-order valence-corrected chi connectivity index (χ0v) is 17.1. The number of para-hydroxylation sites is 1. The molecule has 3 aromatic rings. The number of pyridine rings is 1. The zero-order valence-electron chi connectivity index (χ0n) is 15.5. The lowest BCUT2D eigenvalue weighted by molar-refractivity contribution is -0.113. The molecule has 0 aliphatic heterocycles. The highest BCUT2D eigenvalue weighted by molar-refractivity contribution is 7.99. The first-order valence-electron chi connectivity index (χ1n) is 8.75. The molecule has 0 fully saturated rings. The lowest BCUT2D eigenvalue weighted by atomic mass is 10.3. The van der Waals surface area contributed by atoms with Crippen molar-refractivity contribution in [1.29, 1.82) is 0 Å². The molecule has 28 heavy (non-hydrogen) atoms. The molecule has 3 rings (SSSR count). The van der Waals surface area contributed by atoms with Crippen LogP contribution in [0.4, 0.5) is 5.82 Å². The minimum atomic E-state index is -0.267. The highest BCUT2D eigenvalue weighted by Crippen LogP contribution is 2.24. The molecule has 7 nitrogen and oxygen atoms in total. The lowest BCUT2D eigenvalue weighted by Crippen LogP contribution is -2.16. The molecule has 0 aliphatic rings. The van der Waals surface area contributed by atoms with Crippen molar-refractivity contribution in [2.75, 3.05) is 11.1 Å². The van der Waals surface area contributed by atoms with Gasteiger partial charge < -0.3 is 14.6 Å². The van der Waals surface area contributed by atoms with Crippen molar-refractivity contribution in [1.82, 2.24) is 19.7 Å². The molecule has 2 aromatic heterocycles. The number of amides is 1. The Kier molecular flexibility index (Phi) is 6.89. The van der Waals surface area contributed by atoms with E-state index < -0.39 is 0 Å². The van der Waals surface area contributed by atoms with Gasteiger partial charge >= 0.3 is 0 Å². The summed E-state index contributed by atoms with van der Waals surface area (Å²) in [4.78, 5) is 16.2. The Morgan fingerprint density at radius 2 is 2.04 bits per heavy atom. The number of ether oxygens (including phenoxy) is 1. The van der Waals surface area contributed by atoms with Crippen molar-refractivity contribution in [3.63, 3.8) is 0 Å². The molecule has 0 radical (unpaired) electrons. The fourth-order valence-corrected chi connectivity index (χ4v) is 3.44. The van der Waals surface area contributed by atoms with Gasteiger partial charge in [-0.05, 0) is 38.1 Å². The van der Waals surface area contributed by atoms with Crippen LogP contribution in [0.2, 0.25) is 5.02 Å². The molecule has 1 atom stereocenters. The Morgan fingerprint density at radius 3 is 2.71 bits per heavy atom. The summed E-state index contributed by atoms with van der Waals surface area (Å²) < 4.78 is 7.89. The quantitative estimate of drug-likeness (QED) is 0.552. The number of hydrogen-bond acceptors (Lipinski definition) is 6. The second-order valence-electron chi connectivity index (χ2n) is 5.86. The molecule has 0 saturated carbocycles. The van der Waals surface area contributed by atoms with E-state index in [0.29, 0.717) is 28.4 Å². The van der Waals surface area contributed by atoms with Gasteiger partial charge in [-0.15, -0.1) is 10.2 Å². The van der Waals surface area contributed by atoms with E-state index in [1.807, 2.05) is 48.7 Å². The smallest absolute Gasteiger partial charge is 0.236 e. The van der Waals surface area contributed by atoms with E-state index in [1.54, 1.807) is 12.1 Å². The van der Waals surface area contributed by atoms with E-state index in [1.165, 1.54) is 18.0 Å². The van der Waals surface area contributed by atoms with Gasteiger partial charge in [0.1, 0.15) is 11.6 Å². The van der Waals surface area contributed by atoms with Gasteiger partial charge in [0.05, 0.1) is 10.8 Å². The van der Waals surface area contributed by atoms with E-state index in [2.05, 4.69) is 20.5 Å². The van der Waals surface area contributed by atoms with E-state index >= 15 is 0 Å². The van der Waals surface area contributed by atoms with Gasteiger partial charge in [0.25, 0.3) is 0 Å². The third-order valence-corrected chi connectivity index (χ3v) is 5.00. The van der Waals surface area contributed by atoms with Crippen LogP contribution < -0.4 is 10.1 Å². The van der Waals surface area contributed by atoms with Gasteiger partial charge in [-0.25, -0.2) is 4.98 Å². The van der Waals surface area contributed by atoms with Crippen LogP contribution in [-0.2, 0) is 11.3 Å². The van der Waals surface area contributed by atoms with E-state index in [0.717, 1.165) is 5.75 Å². The topological polar surface area (TPSA) is 81.9 Å². The number of carbonyl (C=O) groups is 1. The number of benzene rings is 1. The number of nitrogens with one attached hydrogen (secondary N) is 1. The summed E-state index contributed by atoms with van der Waals surface area (Å²) in [6.45, 7) is 4.61. The van der Waals surface area contributed by atoms with Gasteiger partial charge in [-0.3, -0.25) is 4.79 Å². The molecule has 0 saturated heterocycles. The summed E-state index contributed by atoms with van der Waals surface area (Å²) in [5, 5.41) is 12.4. The van der Waals surface area contributed by atoms with E-state index in [-0.39, 0.29) is 17.8 Å². The maximum absolute atomic E-state index is 12.2. The van der Waals surface area contributed by atoms with Crippen LogP contribution in [0.3, 0.4) is 0 Å². The molecular weight excluding hydrogens is 398 g/mol. The van der Waals surface area contributed by atoms with Crippen LogP contribution in [0.1, 0.15) is 25.8 Å². The molecule has 1 unspecified atom stereocenters. The van der Waals surface area contributed by atoms with Gasteiger partial charge in [-0.2, -0.15) is 0 Å². The van der Waals surface area contributed by atoms with E-state index in [4.69, 9.17) is 16.3 Å². The maximum Gasteiger partial charge on any atom is 0.236 e. The van der Waals surface area contributed by atoms with Crippen molar-refractivity contribution in [3.8, 4) is 5.75 Å². The second kappa shape index (κ2) is 9.57. The van der Waals surface area contributed by atoms with Crippen LogP contribution in [0.15, 0.2) is 53.8 Å². The standard InChI is InChI=1S/C19H20ClN5O2S/c1-3-25-18(13(2)27-15-7-5-4-6-8-15)23-24-19(25)28-12-17(26)22-16-10-9-14(20)11-21-16/h4-11,13H,3,12H2,1-2H3,(H,21,22,26). The Hall–Kier alpha value is -2.58. The largest absolute Gasteiger partial charge is 0.483 e. The Bertz CT molecular complexity index is 918.